The van der Waals surface area contributed by atoms with E-state index in [4.69, 9.17) is 0 Å². The molecule has 0 aromatic carbocycles. The van der Waals surface area contributed by atoms with Crippen LogP contribution < -0.4 is 0 Å². The van der Waals surface area contributed by atoms with Gasteiger partial charge in [0, 0.05) is 7.05 Å². The minimum absolute atomic E-state index is 0.474. The highest BCUT2D eigenvalue weighted by atomic mass is 79.9. The van der Waals surface area contributed by atoms with E-state index in [1.807, 2.05) is 0 Å². The Morgan fingerprint density at radius 2 is 2.50 bits per heavy atom. The van der Waals surface area contributed by atoms with Gasteiger partial charge in [-0.1, -0.05) is 0 Å². The third kappa shape index (κ3) is 1.09. The zero-order chi connectivity index (χ0) is 7.72. The lowest BCUT2D eigenvalue weighted by Gasteiger charge is -2.15. The van der Waals surface area contributed by atoms with Crippen LogP contribution in [0, 0.1) is 10.1 Å². The van der Waals surface area contributed by atoms with Gasteiger partial charge in [0.2, 0.25) is 0 Å². The van der Waals surface area contributed by atoms with E-state index in [0.29, 0.717) is 0 Å². The van der Waals surface area contributed by atoms with Crippen LogP contribution in [0.5, 0.6) is 0 Å². The Kier molecular flexibility index (Phi) is 1.86. The molecule has 56 valence electrons. The zero-order valence-corrected chi connectivity index (χ0v) is 6.72. The van der Waals surface area contributed by atoms with Crippen LogP contribution in [-0.2, 0) is 0 Å². The number of hydrogen-bond donors (Lipinski definition) is 0. The first-order valence-corrected chi connectivity index (χ1v) is 3.18. The third-order valence-electron chi connectivity index (χ3n) is 1.12. The molecule has 0 radical (unpaired) electrons. The number of nitro groups is 1. The predicted octanol–water partition coefficient (Wildman–Crippen LogP) is 0.0473. The van der Waals surface area contributed by atoms with Crippen molar-refractivity contribution < 1.29 is 4.92 Å². The van der Waals surface area contributed by atoms with Crippen molar-refractivity contribution in [2.24, 2.45) is 4.99 Å². The maximum absolute atomic E-state index is 10.2. The van der Waals surface area contributed by atoms with E-state index in [1.54, 1.807) is 7.05 Å². The van der Waals surface area contributed by atoms with Gasteiger partial charge in [0.05, 0.1) is 21.1 Å². The molecule has 0 saturated heterocycles. The summed E-state index contributed by atoms with van der Waals surface area (Å²) in [5.41, 5.74) is 0. The van der Waals surface area contributed by atoms with Gasteiger partial charge in [-0.3, -0.25) is 10.1 Å². The van der Waals surface area contributed by atoms with Crippen molar-refractivity contribution in [2.45, 2.75) is 6.29 Å². The largest absolute Gasteiger partial charge is 0.383 e. The van der Waals surface area contributed by atoms with Gasteiger partial charge in [0.15, 0.2) is 0 Å². The molecule has 0 saturated carbocycles. The van der Waals surface area contributed by atoms with Crippen LogP contribution in [0.1, 0.15) is 0 Å². The lowest BCUT2D eigenvalue weighted by atomic mass is 10.8. The Balaban J connectivity index is 2.66. The molecule has 0 spiro atoms. The smallest absolute Gasteiger partial charge is 0.261 e. The maximum atomic E-state index is 10.2. The normalized spacial score (nSPS) is 25.8. The minimum Gasteiger partial charge on any atom is -0.261 e. The lowest BCUT2D eigenvalue weighted by Crippen LogP contribution is -2.37. The highest BCUT2D eigenvalue weighted by Crippen LogP contribution is 2.12. The van der Waals surface area contributed by atoms with Crippen molar-refractivity contribution >= 4 is 22.5 Å². The number of aliphatic imine (C=N–C) groups is 1. The van der Waals surface area contributed by atoms with Crippen molar-refractivity contribution in [3.05, 3.63) is 10.1 Å². The molecule has 0 bridgehead atoms. The molecule has 0 aliphatic carbocycles. The Hall–Kier alpha value is -0.690. The summed E-state index contributed by atoms with van der Waals surface area (Å²) >= 11 is 3.02. The Morgan fingerprint density at radius 1 is 1.90 bits per heavy atom. The van der Waals surface area contributed by atoms with Gasteiger partial charge >= 0.3 is 6.29 Å². The van der Waals surface area contributed by atoms with Crippen LogP contribution in [0.4, 0.5) is 0 Å². The number of halogens is 1. The first-order valence-electron chi connectivity index (χ1n) is 2.47. The van der Waals surface area contributed by atoms with Gasteiger partial charge in [-0.2, -0.15) is 4.99 Å². The van der Waals surface area contributed by atoms with E-state index >= 15 is 0 Å². The summed E-state index contributed by atoms with van der Waals surface area (Å²) in [4.78, 5) is 13.3. The summed E-state index contributed by atoms with van der Waals surface area (Å²) in [6, 6.07) is 0. The predicted molar refractivity (Wildman–Crippen MR) is 37.8 cm³/mol. The molecular weight excluding hydrogens is 204 g/mol. The Bertz CT molecular complexity index is 183. The molecule has 1 heterocycles. The average Bonchev–Trinajstić information content (AvgIpc) is 2.14. The van der Waals surface area contributed by atoms with Crippen LogP contribution >= 0.6 is 16.1 Å². The molecule has 1 aliphatic heterocycles. The van der Waals surface area contributed by atoms with E-state index in [0.717, 1.165) is 0 Å². The molecule has 0 aromatic rings. The third-order valence-corrected chi connectivity index (χ3v) is 1.80. The van der Waals surface area contributed by atoms with Crippen molar-refractivity contribution in [1.82, 2.24) is 9.04 Å². The number of rotatable bonds is 1. The minimum atomic E-state index is -0.987. The summed E-state index contributed by atoms with van der Waals surface area (Å²) in [7, 11) is 1.56. The second-order valence-corrected chi connectivity index (χ2v) is 2.49. The SMILES string of the molecule is CN1C([N+](=O)[O-])N=CN1Br. The molecule has 0 amide bonds. The fraction of sp³-hybridized carbons (Fsp3) is 0.667. The van der Waals surface area contributed by atoms with Crippen molar-refractivity contribution in [2.75, 3.05) is 7.05 Å². The van der Waals surface area contributed by atoms with Crippen LogP contribution in [0.15, 0.2) is 4.99 Å². The summed E-state index contributed by atoms with van der Waals surface area (Å²) in [5, 5.41) is 11.5. The molecule has 6 nitrogen and oxygen atoms in total. The van der Waals surface area contributed by atoms with E-state index in [1.165, 1.54) is 15.4 Å². The number of hydrogen-bond acceptors (Lipinski definition) is 5. The lowest BCUT2D eigenvalue weighted by molar-refractivity contribution is -0.549. The summed E-state index contributed by atoms with van der Waals surface area (Å²) in [5.74, 6) is 0. The van der Waals surface area contributed by atoms with E-state index in [9.17, 15) is 10.1 Å². The molecule has 1 rings (SSSR count). The second kappa shape index (κ2) is 2.51. The molecule has 1 atom stereocenters. The molecule has 0 fully saturated rings. The van der Waals surface area contributed by atoms with Gasteiger partial charge in [-0.05, 0) is 0 Å². The van der Waals surface area contributed by atoms with Crippen molar-refractivity contribution in [3.63, 3.8) is 0 Å². The summed E-state index contributed by atoms with van der Waals surface area (Å²) in [6.45, 7) is 0. The van der Waals surface area contributed by atoms with E-state index in [2.05, 4.69) is 21.1 Å². The summed E-state index contributed by atoms with van der Waals surface area (Å²) in [6.07, 6.45) is 0.354. The molecule has 1 aliphatic rings. The first kappa shape index (κ1) is 7.42. The van der Waals surface area contributed by atoms with E-state index in [-0.39, 0.29) is 0 Å². The fourth-order valence-corrected chi connectivity index (χ4v) is 0.852. The quantitative estimate of drug-likeness (QED) is 0.347. The van der Waals surface area contributed by atoms with Crippen LogP contribution in [0.25, 0.3) is 0 Å². The zero-order valence-electron chi connectivity index (χ0n) is 5.14. The van der Waals surface area contributed by atoms with Crippen LogP contribution in [-0.4, -0.2) is 33.6 Å². The molecule has 10 heavy (non-hydrogen) atoms. The topological polar surface area (TPSA) is 62.0 Å². The summed E-state index contributed by atoms with van der Waals surface area (Å²) < 4.78 is 1.38. The van der Waals surface area contributed by atoms with Crippen LogP contribution in [0.3, 0.4) is 0 Å². The fourth-order valence-electron chi connectivity index (χ4n) is 0.582. The Morgan fingerprint density at radius 3 is 2.70 bits per heavy atom. The van der Waals surface area contributed by atoms with Gasteiger partial charge in [0.1, 0.15) is 6.34 Å². The molecular formula is C3H5BrN4O2. The molecule has 1 unspecified atom stereocenters. The highest BCUT2D eigenvalue weighted by Gasteiger charge is 2.31. The second-order valence-electron chi connectivity index (χ2n) is 1.76. The van der Waals surface area contributed by atoms with Crippen LogP contribution in [0.2, 0.25) is 0 Å². The molecule has 0 N–H and O–H groups in total. The number of hydrazine groups is 1. The number of nitrogens with zero attached hydrogens (tertiary/aromatic N) is 4. The van der Waals surface area contributed by atoms with Gasteiger partial charge in [0.25, 0.3) is 0 Å². The maximum Gasteiger partial charge on any atom is 0.383 e. The molecule has 0 aromatic heterocycles. The van der Waals surface area contributed by atoms with Gasteiger partial charge < -0.3 is 0 Å². The first-order chi connectivity index (χ1) is 4.63. The van der Waals surface area contributed by atoms with Gasteiger partial charge in [-0.25, -0.2) is 4.03 Å². The van der Waals surface area contributed by atoms with Crippen molar-refractivity contribution in [1.29, 1.82) is 0 Å². The average molecular weight is 209 g/mol. The monoisotopic (exact) mass is 208 g/mol. The molecule has 7 heteroatoms. The Labute approximate surface area is 65.6 Å². The van der Waals surface area contributed by atoms with Gasteiger partial charge in [-0.15, -0.1) is 5.01 Å². The van der Waals surface area contributed by atoms with Crippen molar-refractivity contribution in [3.8, 4) is 0 Å². The van der Waals surface area contributed by atoms with E-state index < -0.39 is 11.2 Å². The standard InChI is InChI=1S/C3H5BrN4O2/c1-6-3(8(9)10)5-2-7(6)4/h2-3H,1H3. The highest BCUT2D eigenvalue weighted by molar-refractivity contribution is 9.07.